The van der Waals surface area contributed by atoms with Gasteiger partial charge < -0.3 is 0 Å². The van der Waals surface area contributed by atoms with E-state index in [4.69, 9.17) is 0 Å². The summed E-state index contributed by atoms with van der Waals surface area (Å²) in [7, 11) is 0. The third-order valence-electron chi connectivity index (χ3n) is 3.51. The van der Waals surface area contributed by atoms with Gasteiger partial charge in [-0.2, -0.15) is 0 Å². The maximum atomic E-state index is 11.9. The molecule has 3 rings (SSSR count). The lowest BCUT2D eigenvalue weighted by Gasteiger charge is -2.08. The average molecular weight is 415 g/mol. The highest BCUT2D eigenvalue weighted by atomic mass is 79.9. The van der Waals surface area contributed by atoms with Crippen LogP contribution in [0.15, 0.2) is 76.1 Å². The Kier molecular flexibility index (Phi) is 5.73. The van der Waals surface area contributed by atoms with E-state index in [2.05, 4.69) is 26.8 Å². The summed E-state index contributed by atoms with van der Waals surface area (Å²) >= 11 is 4.73. The quantitative estimate of drug-likeness (QED) is 0.497. The molecule has 0 aliphatic carbocycles. The maximum absolute atomic E-state index is 11.9. The minimum absolute atomic E-state index is 0.221. The second kappa shape index (κ2) is 8.18. The van der Waals surface area contributed by atoms with Crippen molar-refractivity contribution in [2.75, 3.05) is 5.75 Å². The van der Waals surface area contributed by atoms with Gasteiger partial charge in [0.2, 0.25) is 5.91 Å². The number of carbonyl (C=O) groups is 2. The van der Waals surface area contributed by atoms with Gasteiger partial charge in [-0.05, 0) is 47.2 Å². The fourth-order valence-corrected chi connectivity index (χ4v) is 3.25. The summed E-state index contributed by atoms with van der Waals surface area (Å²) in [5.74, 6) is -0.390. The summed E-state index contributed by atoms with van der Waals surface area (Å²) in [5, 5.41) is 2.30. The topological polar surface area (TPSA) is 58.2 Å². The number of fused-ring (bicyclic) bond motifs is 1. The normalized spacial score (nSPS) is 10.4. The smallest absolute Gasteiger partial charge is 0.269 e. The molecule has 0 aromatic heterocycles. The molecule has 0 bridgehead atoms. The zero-order valence-electron chi connectivity index (χ0n) is 13.2. The van der Waals surface area contributed by atoms with Crippen LogP contribution in [0.2, 0.25) is 0 Å². The molecule has 0 atom stereocenters. The Morgan fingerprint density at radius 3 is 2.36 bits per heavy atom. The molecule has 0 saturated carbocycles. The van der Waals surface area contributed by atoms with Gasteiger partial charge in [0.25, 0.3) is 5.91 Å². The number of benzene rings is 3. The highest BCUT2D eigenvalue weighted by molar-refractivity contribution is 9.10. The molecule has 0 spiro atoms. The fourth-order valence-electron chi connectivity index (χ4n) is 2.24. The maximum Gasteiger partial charge on any atom is 0.269 e. The van der Waals surface area contributed by atoms with E-state index in [0.717, 1.165) is 20.1 Å². The van der Waals surface area contributed by atoms with Gasteiger partial charge in [0.1, 0.15) is 0 Å². The van der Waals surface area contributed by atoms with E-state index in [1.165, 1.54) is 11.8 Å². The van der Waals surface area contributed by atoms with Gasteiger partial charge in [-0.15, -0.1) is 11.8 Å². The summed E-state index contributed by atoms with van der Waals surface area (Å²) in [6.45, 7) is 0. The molecule has 0 saturated heterocycles. The first-order valence-corrected chi connectivity index (χ1v) is 9.36. The summed E-state index contributed by atoms with van der Waals surface area (Å²) in [4.78, 5) is 24.9. The number of nitrogens with one attached hydrogen (secondary N) is 2. The van der Waals surface area contributed by atoms with Crippen molar-refractivity contribution in [3.05, 3.63) is 76.8 Å². The van der Waals surface area contributed by atoms with Crippen molar-refractivity contribution in [1.29, 1.82) is 0 Å². The fraction of sp³-hybridized carbons (Fsp3) is 0.0526. The van der Waals surface area contributed by atoms with Gasteiger partial charge in [0.05, 0.1) is 5.75 Å². The number of carbonyl (C=O) groups excluding carboxylic acids is 2. The molecule has 2 amide bonds. The van der Waals surface area contributed by atoms with Gasteiger partial charge in [-0.1, -0.05) is 46.3 Å². The molecule has 126 valence electrons. The van der Waals surface area contributed by atoms with E-state index in [1.54, 1.807) is 24.3 Å². The largest absolute Gasteiger partial charge is 0.272 e. The molecule has 3 aromatic carbocycles. The molecular weight excluding hydrogens is 400 g/mol. The summed E-state index contributed by atoms with van der Waals surface area (Å²) in [6, 6.07) is 21.0. The standard InChI is InChI=1S/C19H15BrN2O2S/c20-16-8-5-14(6-9-16)19(24)22-21-18(23)12-25-17-10-7-13-3-1-2-4-15(13)11-17/h1-11H,12H2,(H,21,23)(H,22,24). The van der Waals surface area contributed by atoms with Crippen molar-refractivity contribution in [1.82, 2.24) is 10.9 Å². The van der Waals surface area contributed by atoms with E-state index >= 15 is 0 Å². The number of rotatable bonds is 4. The summed E-state index contributed by atoms with van der Waals surface area (Å²) < 4.78 is 0.889. The number of thioether (sulfide) groups is 1. The lowest BCUT2D eigenvalue weighted by Crippen LogP contribution is -2.42. The van der Waals surface area contributed by atoms with E-state index in [0.29, 0.717) is 5.56 Å². The summed E-state index contributed by atoms with van der Waals surface area (Å²) in [6.07, 6.45) is 0. The van der Waals surface area contributed by atoms with Crippen LogP contribution in [0.5, 0.6) is 0 Å². The van der Waals surface area contributed by atoms with Gasteiger partial charge >= 0.3 is 0 Å². The van der Waals surface area contributed by atoms with Crippen molar-refractivity contribution in [2.24, 2.45) is 0 Å². The molecule has 4 nitrogen and oxygen atoms in total. The molecule has 0 radical (unpaired) electrons. The lowest BCUT2D eigenvalue weighted by molar-refractivity contribution is -0.119. The molecule has 2 N–H and O–H groups in total. The van der Waals surface area contributed by atoms with Crippen LogP contribution in [0.3, 0.4) is 0 Å². The zero-order chi connectivity index (χ0) is 17.6. The third kappa shape index (κ3) is 4.84. The minimum atomic E-state index is -0.350. The van der Waals surface area contributed by atoms with E-state index < -0.39 is 0 Å². The SMILES string of the molecule is O=C(CSc1ccc2ccccc2c1)NNC(=O)c1ccc(Br)cc1. The van der Waals surface area contributed by atoms with Gasteiger partial charge in [0, 0.05) is 14.9 Å². The van der Waals surface area contributed by atoms with Crippen molar-refractivity contribution >= 4 is 50.3 Å². The van der Waals surface area contributed by atoms with Gasteiger partial charge in [-0.3, -0.25) is 20.4 Å². The van der Waals surface area contributed by atoms with Crippen LogP contribution < -0.4 is 10.9 Å². The first-order valence-electron chi connectivity index (χ1n) is 7.58. The van der Waals surface area contributed by atoms with Crippen LogP contribution in [0.25, 0.3) is 10.8 Å². The number of amides is 2. The lowest BCUT2D eigenvalue weighted by atomic mass is 10.1. The van der Waals surface area contributed by atoms with Crippen molar-refractivity contribution < 1.29 is 9.59 Å². The monoisotopic (exact) mass is 414 g/mol. The average Bonchev–Trinajstić information content (AvgIpc) is 2.65. The molecule has 0 aliphatic rings. The van der Waals surface area contributed by atoms with E-state index in [9.17, 15) is 9.59 Å². The first kappa shape index (κ1) is 17.5. The number of hydrazine groups is 1. The Morgan fingerprint density at radius 1 is 0.880 bits per heavy atom. The molecule has 0 aliphatic heterocycles. The predicted molar refractivity (Wildman–Crippen MR) is 104 cm³/mol. The first-order chi connectivity index (χ1) is 12.1. The van der Waals surface area contributed by atoms with Crippen LogP contribution in [0.4, 0.5) is 0 Å². The second-order valence-electron chi connectivity index (χ2n) is 5.31. The molecule has 0 heterocycles. The highest BCUT2D eigenvalue weighted by Gasteiger charge is 2.08. The minimum Gasteiger partial charge on any atom is -0.272 e. The van der Waals surface area contributed by atoms with Gasteiger partial charge in [0.15, 0.2) is 0 Å². The Morgan fingerprint density at radius 2 is 1.60 bits per heavy atom. The second-order valence-corrected chi connectivity index (χ2v) is 7.27. The predicted octanol–water partition coefficient (Wildman–Crippen LogP) is 4.16. The Hall–Kier alpha value is -2.31. The van der Waals surface area contributed by atoms with E-state index in [1.807, 2.05) is 42.5 Å². The number of hydrogen-bond donors (Lipinski definition) is 2. The van der Waals surface area contributed by atoms with Crippen molar-refractivity contribution in [2.45, 2.75) is 4.90 Å². The number of halogens is 1. The summed E-state index contributed by atoms with van der Waals surface area (Å²) in [5.41, 5.74) is 5.33. The molecule has 0 unspecified atom stereocenters. The number of hydrogen-bond acceptors (Lipinski definition) is 3. The zero-order valence-corrected chi connectivity index (χ0v) is 15.6. The van der Waals surface area contributed by atoms with Crippen LogP contribution in [-0.4, -0.2) is 17.6 Å². The molecule has 0 fully saturated rings. The van der Waals surface area contributed by atoms with Gasteiger partial charge in [-0.25, -0.2) is 0 Å². The molecule has 3 aromatic rings. The van der Waals surface area contributed by atoms with Crippen molar-refractivity contribution in [3.8, 4) is 0 Å². The highest BCUT2D eigenvalue weighted by Crippen LogP contribution is 2.23. The van der Waals surface area contributed by atoms with Crippen LogP contribution in [0.1, 0.15) is 10.4 Å². The Balaban J connectivity index is 1.50. The molecule has 6 heteroatoms. The van der Waals surface area contributed by atoms with Crippen LogP contribution in [-0.2, 0) is 4.79 Å². The Labute approximate surface area is 158 Å². The Bertz CT molecular complexity index is 913. The van der Waals surface area contributed by atoms with Crippen LogP contribution >= 0.6 is 27.7 Å². The van der Waals surface area contributed by atoms with Crippen LogP contribution in [0, 0.1) is 0 Å². The van der Waals surface area contributed by atoms with E-state index in [-0.39, 0.29) is 17.6 Å². The molecular formula is C19H15BrN2O2S. The molecule has 25 heavy (non-hydrogen) atoms. The van der Waals surface area contributed by atoms with Crippen molar-refractivity contribution in [3.63, 3.8) is 0 Å². The third-order valence-corrected chi connectivity index (χ3v) is 5.04.